The van der Waals surface area contributed by atoms with Crippen LogP contribution in [0.15, 0.2) is 29.1 Å². The molecule has 104 valence electrons. The van der Waals surface area contributed by atoms with Crippen molar-refractivity contribution < 1.29 is 0 Å². The van der Waals surface area contributed by atoms with Gasteiger partial charge in [0, 0.05) is 12.2 Å². The maximum absolute atomic E-state index is 6.03. The molecule has 1 atom stereocenters. The van der Waals surface area contributed by atoms with Crippen LogP contribution in [0.25, 0.3) is 11.2 Å². The minimum Gasteiger partial charge on any atom is -0.309 e. The standard InChI is InChI=1S/C14H13Cl2N3S/c1-9(4-10-2-3-20-8-10)19-13(6-15)18-12-5-11(16)7-17-14(12)19/h2-3,5,7-9H,4,6H2,1H3. The summed E-state index contributed by atoms with van der Waals surface area (Å²) in [4.78, 5) is 8.94. The van der Waals surface area contributed by atoms with E-state index in [4.69, 9.17) is 23.2 Å². The first-order chi connectivity index (χ1) is 9.69. The van der Waals surface area contributed by atoms with Crippen molar-refractivity contribution in [2.24, 2.45) is 0 Å². The molecule has 0 radical (unpaired) electrons. The number of rotatable bonds is 4. The second-order valence-electron chi connectivity index (χ2n) is 4.71. The Morgan fingerprint density at radius 3 is 3.00 bits per heavy atom. The van der Waals surface area contributed by atoms with Crippen molar-refractivity contribution in [2.45, 2.75) is 25.3 Å². The Balaban J connectivity index is 2.04. The Hall–Kier alpha value is -1.10. The number of aromatic nitrogens is 3. The monoisotopic (exact) mass is 325 g/mol. The third kappa shape index (κ3) is 2.55. The lowest BCUT2D eigenvalue weighted by atomic mass is 10.1. The smallest absolute Gasteiger partial charge is 0.160 e. The lowest BCUT2D eigenvalue weighted by molar-refractivity contribution is 0.541. The number of halogens is 2. The first kappa shape index (κ1) is 13.9. The molecule has 20 heavy (non-hydrogen) atoms. The van der Waals surface area contributed by atoms with E-state index >= 15 is 0 Å². The topological polar surface area (TPSA) is 30.7 Å². The van der Waals surface area contributed by atoms with Crippen LogP contribution in [-0.2, 0) is 12.3 Å². The zero-order chi connectivity index (χ0) is 14.1. The predicted molar refractivity (Wildman–Crippen MR) is 84.8 cm³/mol. The molecule has 3 aromatic heterocycles. The molecular weight excluding hydrogens is 313 g/mol. The molecule has 0 saturated heterocycles. The van der Waals surface area contributed by atoms with E-state index in [2.05, 4.69) is 38.3 Å². The summed E-state index contributed by atoms with van der Waals surface area (Å²) >= 11 is 13.7. The summed E-state index contributed by atoms with van der Waals surface area (Å²) in [6.45, 7) is 2.16. The average molecular weight is 326 g/mol. The second-order valence-corrected chi connectivity index (χ2v) is 6.20. The summed E-state index contributed by atoms with van der Waals surface area (Å²) in [6, 6.07) is 4.22. The lowest BCUT2D eigenvalue weighted by Gasteiger charge is -2.15. The van der Waals surface area contributed by atoms with Crippen LogP contribution in [0.2, 0.25) is 5.02 Å². The fourth-order valence-electron chi connectivity index (χ4n) is 2.40. The van der Waals surface area contributed by atoms with Crippen LogP contribution in [0.4, 0.5) is 0 Å². The summed E-state index contributed by atoms with van der Waals surface area (Å²) in [5.41, 5.74) is 2.96. The van der Waals surface area contributed by atoms with Gasteiger partial charge < -0.3 is 4.57 Å². The van der Waals surface area contributed by atoms with Crippen LogP contribution in [0.3, 0.4) is 0 Å². The molecule has 6 heteroatoms. The van der Waals surface area contributed by atoms with Gasteiger partial charge in [-0.1, -0.05) is 11.6 Å². The molecule has 0 saturated carbocycles. The van der Waals surface area contributed by atoms with Gasteiger partial charge in [0.25, 0.3) is 0 Å². The first-order valence-corrected chi connectivity index (χ1v) is 8.14. The Bertz CT molecular complexity index is 721. The van der Waals surface area contributed by atoms with E-state index in [1.807, 2.05) is 6.07 Å². The molecule has 0 aromatic carbocycles. The first-order valence-electron chi connectivity index (χ1n) is 6.28. The van der Waals surface area contributed by atoms with Gasteiger partial charge >= 0.3 is 0 Å². The number of hydrogen-bond acceptors (Lipinski definition) is 3. The molecule has 1 unspecified atom stereocenters. The van der Waals surface area contributed by atoms with Gasteiger partial charge in [0.1, 0.15) is 11.3 Å². The third-order valence-corrected chi connectivity index (χ3v) is 4.42. The summed E-state index contributed by atoms with van der Waals surface area (Å²) in [7, 11) is 0. The fourth-order valence-corrected chi connectivity index (χ4v) is 3.43. The number of alkyl halides is 1. The van der Waals surface area contributed by atoms with Crippen molar-refractivity contribution in [3.05, 3.63) is 45.5 Å². The maximum Gasteiger partial charge on any atom is 0.160 e. The molecule has 0 N–H and O–H groups in total. The zero-order valence-corrected chi connectivity index (χ0v) is 13.2. The molecule has 3 heterocycles. The maximum atomic E-state index is 6.03. The van der Waals surface area contributed by atoms with Crippen LogP contribution in [-0.4, -0.2) is 14.5 Å². The summed E-state index contributed by atoms with van der Waals surface area (Å²) in [5.74, 6) is 1.20. The molecular formula is C14H13Cl2N3S. The van der Waals surface area contributed by atoms with Gasteiger partial charge in [0.05, 0.1) is 10.9 Å². The highest BCUT2D eigenvalue weighted by Crippen LogP contribution is 2.25. The number of nitrogens with zero attached hydrogens (tertiary/aromatic N) is 3. The van der Waals surface area contributed by atoms with Crippen LogP contribution in [0.1, 0.15) is 24.4 Å². The van der Waals surface area contributed by atoms with E-state index < -0.39 is 0 Å². The molecule has 0 aliphatic carbocycles. The SMILES string of the molecule is CC(Cc1ccsc1)n1c(CCl)nc2cc(Cl)cnc21. The molecule has 3 nitrogen and oxygen atoms in total. The molecule has 0 aliphatic rings. The van der Waals surface area contributed by atoms with Gasteiger partial charge in [0.2, 0.25) is 0 Å². The van der Waals surface area contributed by atoms with Gasteiger partial charge in [-0.25, -0.2) is 9.97 Å². The lowest BCUT2D eigenvalue weighted by Crippen LogP contribution is -2.11. The van der Waals surface area contributed by atoms with Crippen molar-refractivity contribution in [3.8, 4) is 0 Å². The van der Waals surface area contributed by atoms with Crippen molar-refractivity contribution in [3.63, 3.8) is 0 Å². The van der Waals surface area contributed by atoms with Gasteiger partial charge in [-0.05, 0) is 41.8 Å². The Kier molecular flexibility index (Phi) is 3.96. The quantitative estimate of drug-likeness (QED) is 0.651. The van der Waals surface area contributed by atoms with Crippen LogP contribution in [0, 0.1) is 0 Å². The van der Waals surface area contributed by atoms with E-state index in [9.17, 15) is 0 Å². The number of pyridine rings is 1. The van der Waals surface area contributed by atoms with E-state index in [0.717, 1.165) is 23.4 Å². The van der Waals surface area contributed by atoms with Gasteiger partial charge in [-0.3, -0.25) is 0 Å². The summed E-state index contributed by atoms with van der Waals surface area (Å²) in [5, 5.41) is 4.85. The van der Waals surface area contributed by atoms with E-state index in [0.29, 0.717) is 10.9 Å². The van der Waals surface area contributed by atoms with Gasteiger partial charge in [-0.2, -0.15) is 11.3 Å². The molecule has 3 rings (SSSR count). The molecule has 0 bridgehead atoms. The van der Waals surface area contributed by atoms with E-state index in [-0.39, 0.29) is 6.04 Å². The van der Waals surface area contributed by atoms with Crippen molar-refractivity contribution >= 4 is 45.7 Å². The van der Waals surface area contributed by atoms with Crippen LogP contribution < -0.4 is 0 Å². The Labute approximate surface area is 131 Å². The largest absolute Gasteiger partial charge is 0.309 e. The predicted octanol–water partition coefficient (Wildman–Crippen LogP) is 4.69. The molecule has 0 amide bonds. The van der Waals surface area contributed by atoms with Gasteiger partial charge in [-0.15, -0.1) is 11.6 Å². The highest BCUT2D eigenvalue weighted by Gasteiger charge is 2.17. The molecule has 0 spiro atoms. The van der Waals surface area contributed by atoms with E-state index in [1.54, 1.807) is 17.5 Å². The number of fused-ring (bicyclic) bond motifs is 1. The van der Waals surface area contributed by atoms with Crippen LogP contribution in [0.5, 0.6) is 0 Å². The van der Waals surface area contributed by atoms with Crippen molar-refractivity contribution in [1.29, 1.82) is 0 Å². The molecule has 0 fully saturated rings. The second kappa shape index (κ2) is 5.72. The molecule has 0 aliphatic heterocycles. The normalized spacial score (nSPS) is 12.9. The van der Waals surface area contributed by atoms with Crippen molar-refractivity contribution in [1.82, 2.24) is 14.5 Å². The summed E-state index contributed by atoms with van der Waals surface area (Å²) < 4.78 is 2.11. The molecule has 3 aromatic rings. The highest BCUT2D eigenvalue weighted by molar-refractivity contribution is 7.07. The van der Waals surface area contributed by atoms with E-state index in [1.165, 1.54) is 5.56 Å². The Morgan fingerprint density at radius 2 is 2.30 bits per heavy atom. The summed E-state index contributed by atoms with van der Waals surface area (Å²) in [6.07, 6.45) is 2.58. The van der Waals surface area contributed by atoms with Gasteiger partial charge in [0.15, 0.2) is 5.65 Å². The number of hydrogen-bond donors (Lipinski definition) is 0. The number of imidazole rings is 1. The minimum absolute atomic E-state index is 0.247. The highest BCUT2D eigenvalue weighted by atomic mass is 35.5. The number of thiophene rings is 1. The Morgan fingerprint density at radius 1 is 1.45 bits per heavy atom. The third-order valence-electron chi connectivity index (χ3n) is 3.24. The fraction of sp³-hybridized carbons (Fsp3) is 0.286. The van der Waals surface area contributed by atoms with Crippen LogP contribution >= 0.6 is 34.5 Å². The average Bonchev–Trinajstić information content (AvgIpc) is 3.04. The zero-order valence-electron chi connectivity index (χ0n) is 10.9. The minimum atomic E-state index is 0.247. The van der Waals surface area contributed by atoms with Crippen molar-refractivity contribution in [2.75, 3.05) is 0 Å².